The molecule has 2 fully saturated rings. The Bertz CT molecular complexity index is 1310. The van der Waals surface area contributed by atoms with Crippen LogP contribution >= 0.6 is 0 Å². The van der Waals surface area contributed by atoms with Crippen LogP contribution in [0.15, 0.2) is 30.5 Å². The first-order valence-electron chi connectivity index (χ1n) is 15.4. The number of aryl methyl sites for hydroxylation is 1. The molecule has 0 radical (unpaired) electrons. The third-order valence-corrected chi connectivity index (χ3v) is 9.15. The maximum Gasteiger partial charge on any atom is 0.243 e. The second-order valence-electron chi connectivity index (χ2n) is 12.5. The minimum Gasteiger partial charge on any atom is -0.497 e. The summed E-state index contributed by atoms with van der Waals surface area (Å²) in [5.74, 6) is -0.468. The van der Waals surface area contributed by atoms with E-state index < -0.39 is 35.5 Å². The molecule has 2 aliphatic carbocycles. The molecule has 5 atom stereocenters. The van der Waals surface area contributed by atoms with Gasteiger partial charge in [-0.1, -0.05) is 37.8 Å². The molecule has 3 amide bonds. The van der Waals surface area contributed by atoms with E-state index in [-0.39, 0.29) is 24.0 Å². The number of rotatable bonds is 13. The number of carbonyl (C=O) groups excluding carboxylic acids is 4. The number of methoxy groups -OCH3 is 1. The number of hydrogen-bond acceptors (Lipinski definition) is 7. The number of epoxide rings is 1. The predicted octanol–water partition coefficient (Wildman–Crippen LogP) is 2.18. The summed E-state index contributed by atoms with van der Waals surface area (Å²) in [6.45, 7) is 3.71. The highest BCUT2D eigenvalue weighted by Gasteiger charge is 2.50. The molecule has 5 rings (SSSR count). The molecule has 0 spiro atoms. The number of aromatic amines is 1. The monoisotopic (exact) mass is 593 g/mol. The zero-order valence-electron chi connectivity index (χ0n) is 25.2. The van der Waals surface area contributed by atoms with E-state index in [9.17, 15) is 19.2 Å². The minimum atomic E-state index is -0.963. The van der Waals surface area contributed by atoms with E-state index in [1.165, 1.54) is 0 Å². The number of ether oxygens (including phenoxy) is 2. The first kappa shape index (κ1) is 30.7. The van der Waals surface area contributed by atoms with Crippen LogP contribution in [0, 0.1) is 11.8 Å². The van der Waals surface area contributed by atoms with E-state index in [0.717, 1.165) is 48.9 Å². The highest BCUT2D eigenvalue weighted by molar-refractivity contribution is 5.98. The Balaban J connectivity index is 1.26. The molecule has 1 aromatic heterocycles. The van der Waals surface area contributed by atoms with Crippen LogP contribution in [0.1, 0.15) is 69.2 Å². The quantitative estimate of drug-likeness (QED) is 0.260. The van der Waals surface area contributed by atoms with E-state index in [4.69, 9.17) is 9.47 Å². The summed E-state index contributed by atoms with van der Waals surface area (Å²) in [5, 5.41) is 15.7. The lowest BCUT2D eigenvalue weighted by atomic mass is 9.87. The Kier molecular flexibility index (Phi) is 9.49. The number of Topliss-reactive ketones (excluding diaryl/α,β-unsaturated/α-hetero) is 1. The number of H-pyrrole nitrogens is 1. The number of carbonyl (C=O) groups is 4. The fourth-order valence-electron chi connectivity index (χ4n) is 6.24. The van der Waals surface area contributed by atoms with Crippen LogP contribution in [-0.2, 0) is 43.2 Å². The van der Waals surface area contributed by atoms with Gasteiger partial charge in [-0.25, -0.2) is 0 Å². The van der Waals surface area contributed by atoms with Crippen LogP contribution in [0.3, 0.4) is 0 Å². The number of fused-ring (bicyclic) bond motifs is 1. The third kappa shape index (κ3) is 7.62. The second-order valence-corrected chi connectivity index (χ2v) is 12.5. The lowest BCUT2D eigenvalue weighted by molar-refractivity contribution is -0.134. The van der Waals surface area contributed by atoms with Crippen molar-refractivity contribution in [1.29, 1.82) is 0 Å². The zero-order valence-corrected chi connectivity index (χ0v) is 25.2. The van der Waals surface area contributed by atoms with Gasteiger partial charge in [0, 0.05) is 18.0 Å². The van der Waals surface area contributed by atoms with Gasteiger partial charge in [-0.2, -0.15) is 5.10 Å². The third-order valence-electron chi connectivity index (χ3n) is 9.15. The number of ketones is 1. The SMILES string of the molecule is COc1ccc(C[C@H](NC(=O)[C@@H](C)NC(=O)[C@@H]2CCc3[nH]ncc3C2)C(=O)N[C@@H](CC2CCCC2)C(=O)[C@@]2(C)CO2)cc1. The molecule has 0 bridgehead atoms. The van der Waals surface area contributed by atoms with Gasteiger partial charge in [-0.3, -0.25) is 24.3 Å². The Morgan fingerprint density at radius 2 is 1.74 bits per heavy atom. The van der Waals surface area contributed by atoms with Crippen molar-refractivity contribution in [3.63, 3.8) is 0 Å². The van der Waals surface area contributed by atoms with Crippen LogP contribution in [0.4, 0.5) is 0 Å². The molecule has 3 aliphatic rings. The molecule has 232 valence electrons. The van der Waals surface area contributed by atoms with Gasteiger partial charge in [0.1, 0.15) is 23.4 Å². The average molecular weight is 594 g/mol. The van der Waals surface area contributed by atoms with Gasteiger partial charge in [0.2, 0.25) is 17.7 Å². The van der Waals surface area contributed by atoms with Crippen molar-refractivity contribution < 1.29 is 28.7 Å². The van der Waals surface area contributed by atoms with Crippen LogP contribution in [0.5, 0.6) is 5.75 Å². The van der Waals surface area contributed by atoms with Crippen LogP contribution in [-0.4, -0.2) is 71.1 Å². The number of amides is 3. The average Bonchev–Trinajstić information content (AvgIpc) is 3.36. The van der Waals surface area contributed by atoms with E-state index in [1.807, 2.05) is 12.1 Å². The number of benzene rings is 1. The van der Waals surface area contributed by atoms with Crippen molar-refractivity contribution in [3.05, 3.63) is 47.3 Å². The molecule has 2 aromatic rings. The Morgan fingerprint density at radius 1 is 1.05 bits per heavy atom. The van der Waals surface area contributed by atoms with Crippen molar-refractivity contribution in [3.8, 4) is 5.75 Å². The lowest BCUT2D eigenvalue weighted by Gasteiger charge is -2.27. The second kappa shape index (κ2) is 13.3. The van der Waals surface area contributed by atoms with E-state index in [0.29, 0.717) is 37.5 Å². The van der Waals surface area contributed by atoms with Crippen molar-refractivity contribution in [2.75, 3.05) is 13.7 Å². The summed E-state index contributed by atoms with van der Waals surface area (Å²) in [6, 6.07) is 4.74. The maximum absolute atomic E-state index is 13.8. The Labute approximate surface area is 252 Å². The van der Waals surface area contributed by atoms with Crippen molar-refractivity contribution >= 4 is 23.5 Å². The van der Waals surface area contributed by atoms with E-state index in [2.05, 4.69) is 26.1 Å². The predicted molar refractivity (Wildman–Crippen MR) is 158 cm³/mol. The largest absolute Gasteiger partial charge is 0.497 e. The van der Waals surface area contributed by atoms with Gasteiger partial charge in [-0.15, -0.1) is 0 Å². The number of nitrogens with zero attached hydrogens (tertiary/aromatic N) is 1. The molecular formula is C32H43N5O6. The van der Waals surface area contributed by atoms with Gasteiger partial charge < -0.3 is 25.4 Å². The van der Waals surface area contributed by atoms with Gasteiger partial charge >= 0.3 is 0 Å². The van der Waals surface area contributed by atoms with Crippen LogP contribution < -0.4 is 20.7 Å². The topological polar surface area (TPSA) is 155 Å². The molecule has 11 nitrogen and oxygen atoms in total. The summed E-state index contributed by atoms with van der Waals surface area (Å²) >= 11 is 0. The molecule has 1 aliphatic heterocycles. The first-order valence-corrected chi connectivity index (χ1v) is 15.4. The van der Waals surface area contributed by atoms with Crippen LogP contribution in [0.25, 0.3) is 0 Å². The summed E-state index contributed by atoms with van der Waals surface area (Å²) in [5.41, 5.74) is 2.01. The first-order chi connectivity index (χ1) is 20.6. The molecule has 1 aromatic carbocycles. The smallest absolute Gasteiger partial charge is 0.243 e. The fraction of sp³-hybridized carbons (Fsp3) is 0.594. The highest BCUT2D eigenvalue weighted by atomic mass is 16.6. The molecule has 4 N–H and O–H groups in total. The zero-order chi connectivity index (χ0) is 30.6. The Morgan fingerprint density at radius 3 is 2.42 bits per heavy atom. The van der Waals surface area contributed by atoms with Gasteiger partial charge in [0.25, 0.3) is 0 Å². The maximum atomic E-state index is 13.8. The van der Waals surface area contributed by atoms with Crippen molar-refractivity contribution in [1.82, 2.24) is 26.1 Å². The minimum absolute atomic E-state index is 0.129. The molecule has 43 heavy (non-hydrogen) atoms. The number of aromatic nitrogens is 2. The van der Waals surface area contributed by atoms with Gasteiger partial charge in [0.15, 0.2) is 5.78 Å². The van der Waals surface area contributed by atoms with E-state index >= 15 is 0 Å². The summed E-state index contributed by atoms with van der Waals surface area (Å²) in [6.07, 6.45) is 8.76. The number of hydrogen-bond donors (Lipinski definition) is 4. The summed E-state index contributed by atoms with van der Waals surface area (Å²) in [7, 11) is 1.58. The summed E-state index contributed by atoms with van der Waals surface area (Å²) < 4.78 is 10.7. The Hall–Kier alpha value is -3.73. The van der Waals surface area contributed by atoms with Crippen molar-refractivity contribution in [2.45, 2.75) is 95.4 Å². The molecular weight excluding hydrogens is 550 g/mol. The molecule has 0 unspecified atom stereocenters. The number of nitrogens with one attached hydrogen (secondary N) is 4. The highest BCUT2D eigenvalue weighted by Crippen LogP contribution is 2.33. The normalized spacial score (nSPS) is 23.4. The molecule has 1 saturated carbocycles. The van der Waals surface area contributed by atoms with Gasteiger partial charge in [-0.05, 0) is 68.7 Å². The fourth-order valence-corrected chi connectivity index (χ4v) is 6.24. The molecule has 1 saturated heterocycles. The van der Waals surface area contributed by atoms with Crippen molar-refractivity contribution in [2.24, 2.45) is 11.8 Å². The van der Waals surface area contributed by atoms with E-state index in [1.54, 1.807) is 39.3 Å². The standard InChI is InChI=1S/C32H43N5O6/c1-19(34-30(40)22-10-13-25-23(16-22)17-33-37-25)29(39)36-27(15-21-8-11-24(42-3)12-9-21)31(41)35-26(14-20-6-4-5-7-20)28(38)32(2)18-43-32/h8-9,11-12,17,19-20,22,26-27H,4-7,10,13-16,18H2,1-3H3,(H,33,37)(H,34,40)(H,35,41)(H,36,39)/t19-,22-,26+,27+,32-/m1/s1. The molecule has 2 heterocycles. The molecule has 11 heteroatoms. The van der Waals surface area contributed by atoms with Crippen LogP contribution in [0.2, 0.25) is 0 Å². The van der Waals surface area contributed by atoms with Gasteiger partial charge in [0.05, 0.1) is 26.0 Å². The summed E-state index contributed by atoms with van der Waals surface area (Å²) in [4.78, 5) is 53.6. The lowest BCUT2D eigenvalue weighted by Crippen LogP contribution is -2.57.